The first-order valence-corrected chi connectivity index (χ1v) is 16.1. The van der Waals surface area contributed by atoms with Crippen molar-refractivity contribution in [3.05, 3.63) is 52.0 Å². The minimum absolute atomic E-state index is 0.00504. The lowest BCUT2D eigenvalue weighted by Crippen LogP contribution is -2.65. The maximum atomic E-state index is 14.2. The van der Waals surface area contributed by atoms with Crippen molar-refractivity contribution >= 4 is 28.9 Å². The molecule has 4 aliphatic rings. The Bertz CT molecular complexity index is 1740. The van der Waals surface area contributed by atoms with Gasteiger partial charge in [-0.2, -0.15) is 0 Å². The Balaban J connectivity index is 1.41. The molecule has 2 aromatic rings. The van der Waals surface area contributed by atoms with Gasteiger partial charge in [-0.3, -0.25) is 29.1 Å². The van der Waals surface area contributed by atoms with Crippen LogP contribution in [0.4, 0.5) is 5.69 Å². The SMILES string of the molecule is CN(C)c1cc(-c2ccc(CN3CCN(CCO)CC3)o2)c(O)c2c1C[C@@H]1C[C@@H]3[C@@H](N(C)C)C(=O)C(C(N)=O)=C(O)[C@@]3(O)C(=O)C1=C2O. The third-order valence-corrected chi connectivity index (χ3v) is 10.4. The van der Waals surface area contributed by atoms with Gasteiger partial charge in [0.15, 0.2) is 11.4 Å². The van der Waals surface area contributed by atoms with E-state index in [9.17, 15) is 39.9 Å². The van der Waals surface area contributed by atoms with Gasteiger partial charge >= 0.3 is 0 Å². The number of piperazine rings is 1. The van der Waals surface area contributed by atoms with Gasteiger partial charge < -0.3 is 40.6 Å². The molecule has 1 saturated heterocycles. The van der Waals surface area contributed by atoms with E-state index in [4.69, 9.17) is 10.2 Å². The highest BCUT2D eigenvalue weighted by atomic mass is 16.4. The highest BCUT2D eigenvalue weighted by molar-refractivity contribution is 6.24. The maximum absolute atomic E-state index is 14.2. The normalized spacial score (nSPS) is 26.5. The lowest BCUT2D eigenvalue weighted by atomic mass is 9.57. The van der Waals surface area contributed by atoms with Gasteiger partial charge in [0, 0.05) is 64.0 Å². The summed E-state index contributed by atoms with van der Waals surface area (Å²) in [5, 5.41) is 55.8. The van der Waals surface area contributed by atoms with Crippen molar-refractivity contribution in [3.63, 3.8) is 0 Å². The standard InChI is InChI=1S/C34H43N5O9/c1-36(2)22-15-20(23-6-5-18(48-23)16-39-9-7-38(8-10-39)11-12-40)28(41)25-19(22)13-17-14-21-27(37(3)4)30(43)26(33(35)46)32(45)34(21,47)31(44)24(17)29(25)42/h5-6,15,17,21,27,40-42,45,47H,7-14,16H2,1-4H3,(H2,35,46)/t17-,21-,27-,34+/m1/s1. The number of benzene rings is 1. The van der Waals surface area contributed by atoms with Crippen LogP contribution >= 0.6 is 0 Å². The number of aliphatic hydroxyl groups excluding tert-OH is 3. The Kier molecular flexibility index (Phi) is 8.67. The zero-order valence-electron chi connectivity index (χ0n) is 27.6. The third kappa shape index (κ3) is 5.19. The Labute approximate surface area is 277 Å². The van der Waals surface area contributed by atoms with Gasteiger partial charge in [0.2, 0.25) is 5.78 Å². The summed E-state index contributed by atoms with van der Waals surface area (Å²) in [7, 11) is 6.77. The maximum Gasteiger partial charge on any atom is 0.255 e. The van der Waals surface area contributed by atoms with Crippen LogP contribution in [0.1, 0.15) is 23.3 Å². The van der Waals surface area contributed by atoms with Crippen molar-refractivity contribution in [1.29, 1.82) is 0 Å². The number of phenols is 1. The molecule has 0 bridgehead atoms. The highest BCUT2D eigenvalue weighted by Crippen LogP contribution is 2.55. The fourth-order valence-electron chi connectivity index (χ4n) is 8.02. The molecule has 3 aliphatic carbocycles. The van der Waals surface area contributed by atoms with Gasteiger partial charge in [-0.25, -0.2) is 0 Å². The lowest BCUT2D eigenvalue weighted by molar-refractivity contribution is -0.153. The first-order valence-electron chi connectivity index (χ1n) is 16.1. The molecule has 0 radical (unpaired) electrons. The van der Waals surface area contributed by atoms with Crippen LogP contribution in [-0.4, -0.2) is 137 Å². The number of furan rings is 1. The van der Waals surface area contributed by atoms with Crippen molar-refractivity contribution < 1.29 is 44.3 Å². The molecule has 48 heavy (non-hydrogen) atoms. The fourth-order valence-corrected chi connectivity index (χ4v) is 8.02. The van der Waals surface area contributed by atoms with E-state index in [0.717, 1.165) is 26.2 Å². The van der Waals surface area contributed by atoms with Crippen LogP contribution in [0.2, 0.25) is 0 Å². The van der Waals surface area contributed by atoms with Gasteiger partial charge in [-0.05, 0) is 56.6 Å². The second-order valence-electron chi connectivity index (χ2n) is 13.6. The number of nitrogens with two attached hydrogens (primary N) is 1. The number of β-amino-alcohol motifs (C(OH)–C–C–N with tert-alkyl or cyclic N) is 1. The summed E-state index contributed by atoms with van der Waals surface area (Å²) in [4.78, 5) is 47.6. The highest BCUT2D eigenvalue weighted by Gasteiger charge is 2.64. The number of carbonyl (C=O) groups excluding carboxylic acids is 3. The molecule has 2 fully saturated rings. The lowest BCUT2D eigenvalue weighted by Gasteiger charge is -2.50. The Morgan fingerprint density at radius 1 is 1.06 bits per heavy atom. The summed E-state index contributed by atoms with van der Waals surface area (Å²) in [5.41, 5.74) is 3.19. The molecular weight excluding hydrogens is 622 g/mol. The Hall–Kier alpha value is -4.21. The smallest absolute Gasteiger partial charge is 0.255 e. The minimum Gasteiger partial charge on any atom is -0.508 e. The number of primary amides is 1. The van der Waals surface area contributed by atoms with Crippen LogP contribution in [0.25, 0.3) is 17.1 Å². The van der Waals surface area contributed by atoms with Crippen LogP contribution in [0.3, 0.4) is 0 Å². The van der Waals surface area contributed by atoms with E-state index in [1.54, 1.807) is 26.2 Å². The summed E-state index contributed by atoms with van der Waals surface area (Å²) < 4.78 is 6.20. The minimum atomic E-state index is -2.71. The van der Waals surface area contributed by atoms with E-state index < -0.39 is 58.0 Å². The molecule has 4 atom stereocenters. The predicted molar refractivity (Wildman–Crippen MR) is 175 cm³/mol. The Morgan fingerprint density at radius 2 is 1.73 bits per heavy atom. The number of Topliss-reactive ketones (excluding diaryl/α,β-unsaturated/α-hetero) is 2. The second kappa shape index (κ2) is 12.3. The molecule has 1 amide bonds. The van der Waals surface area contributed by atoms with Gasteiger partial charge in [-0.1, -0.05) is 0 Å². The molecule has 14 nitrogen and oxygen atoms in total. The van der Waals surface area contributed by atoms with Gasteiger partial charge in [0.05, 0.1) is 30.3 Å². The first-order chi connectivity index (χ1) is 22.7. The number of ketones is 2. The molecule has 14 heteroatoms. The molecule has 1 saturated carbocycles. The van der Waals surface area contributed by atoms with Crippen molar-refractivity contribution in [3.8, 4) is 17.1 Å². The monoisotopic (exact) mass is 665 g/mol. The number of carbonyl (C=O) groups is 3. The van der Waals surface area contributed by atoms with Crippen molar-refractivity contribution in [2.24, 2.45) is 17.6 Å². The largest absolute Gasteiger partial charge is 0.508 e. The number of fused-ring (bicyclic) bond motifs is 3. The third-order valence-electron chi connectivity index (χ3n) is 10.4. The molecule has 0 spiro atoms. The quantitative estimate of drug-likeness (QED) is 0.212. The zero-order valence-corrected chi connectivity index (χ0v) is 27.6. The molecular formula is C34H43N5O9. The van der Waals surface area contributed by atoms with Crippen LogP contribution in [0.5, 0.6) is 5.75 Å². The number of likely N-dealkylation sites (N-methyl/N-ethyl adjacent to an activating group) is 1. The molecule has 1 aliphatic heterocycles. The molecule has 0 unspecified atom stereocenters. The van der Waals surface area contributed by atoms with Crippen LogP contribution in [-0.2, 0) is 27.3 Å². The van der Waals surface area contributed by atoms with E-state index in [1.165, 1.54) is 4.90 Å². The van der Waals surface area contributed by atoms with E-state index in [-0.39, 0.29) is 41.9 Å². The molecule has 7 N–H and O–H groups in total. The summed E-state index contributed by atoms with van der Waals surface area (Å²) >= 11 is 0. The number of amides is 1. The molecule has 2 heterocycles. The number of aromatic hydroxyl groups is 1. The summed E-state index contributed by atoms with van der Waals surface area (Å²) in [6, 6.07) is 4.19. The zero-order chi connectivity index (χ0) is 34.8. The van der Waals surface area contributed by atoms with E-state index in [0.29, 0.717) is 35.9 Å². The number of phenolic OH excluding ortho intramolecular Hbond substituents is 1. The number of nitrogens with zero attached hydrogens (tertiary/aromatic N) is 4. The van der Waals surface area contributed by atoms with Crippen molar-refractivity contribution in [2.45, 2.75) is 31.0 Å². The van der Waals surface area contributed by atoms with Crippen LogP contribution in [0.15, 0.2) is 39.5 Å². The number of anilines is 1. The average Bonchev–Trinajstić information content (AvgIpc) is 3.47. The summed E-state index contributed by atoms with van der Waals surface area (Å²) in [5.74, 6) is -5.91. The summed E-state index contributed by atoms with van der Waals surface area (Å²) in [6.07, 6.45) is 0.193. The second-order valence-corrected chi connectivity index (χ2v) is 13.6. The van der Waals surface area contributed by atoms with Crippen molar-refractivity contribution in [1.82, 2.24) is 14.7 Å². The molecule has 258 valence electrons. The molecule has 6 rings (SSSR count). The molecule has 1 aromatic heterocycles. The topological polar surface area (TPSA) is 204 Å². The van der Waals surface area contributed by atoms with Crippen LogP contribution < -0.4 is 10.6 Å². The summed E-state index contributed by atoms with van der Waals surface area (Å²) in [6.45, 7) is 4.59. The average molecular weight is 666 g/mol. The van der Waals surface area contributed by atoms with E-state index in [2.05, 4.69) is 9.80 Å². The van der Waals surface area contributed by atoms with Gasteiger partial charge in [-0.15, -0.1) is 0 Å². The number of rotatable bonds is 8. The number of aliphatic hydroxyl groups is 4. The number of hydrogen-bond donors (Lipinski definition) is 6. The Morgan fingerprint density at radius 3 is 2.33 bits per heavy atom. The fraction of sp³-hybridized carbons (Fsp3) is 0.500. The predicted octanol–water partition coefficient (Wildman–Crippen LogP) is 0.400. The number of hydrogen-bond acceptors (Lipinski definition) is 13. The van der Waals surface area contributed by atoms with Crippen LogP contribution in [0, 0.1) is 11.8 Å². The van der Waals surface area contributed by atoms with Crippen molar-refractivity contribution in [2.75, 3.05) is 72.4 Å². The van der Waals surface area contributed by atoms with Gasteiger partial charge in [0.25, 0.3) is 5.91 Å². The van der Waals surface area contributed by atoms with E-state index >= 15 is 0 Å². The van der Waals surface area contributed by atoms with Gasteiger partial charge in [0.1, 0.15) is 34.4 Å². The molecule has 1 aromatic carbocycles. The van der Waals surface area contributed by atoms with E-state index in [1.807, 2.05) is 25.1 Å². The first kappa shape index (κ1) is 33.7.